The monoisotopic (exact) mass is 389 g/mol. The minimum Gasteiger partial charge on any atom is -0.305 e. The predicted molar refractivity (Wildman–Crippen MR) is 90.7 cm³/mol. The van der Waals surface area contributed by atoms with Crippen molar-refractivity contribution >= 4 is 34.3 Å². The molecule has 0 bridgehead atoms. The second kappa shape index (κ2) is 6.09. The molecule has 4 nitrogen and oxygen atoms in total. The summed E-state index contributed by atoms with van der Waals surface area (Å²) >= 11 is 2.18. The first-order chi connectivity index (χ1) is 10.2. The van der Waals surface area contributed by atoms with Crippen LogP contribution in [0.1, 0.15) is 10.4 Å². The van der Waals surface area contributed by atoms with Gasteiger partial charge in [-0.1, -0.05) is 24.3 Å². The number of amides is 1. The molecule has 1 N–H and O–H groups in total. The second-order valence-corrected chi connectivity index (χ2v) is 5.69. The molecule has 0 atom stereocenters. The Morgan fingerprint density at radius 1 is 1.05 bits per heavy atom. The van der Waals surface area contributed by atoms with Gasteiger partial charge in [0.25, 0.3) is 5.91 Å². The van der Waals surface area contributed by atoms with E-state index in [2.05, 4.69) is 33.0 Å². The number of halogens is 1. The molecule has 1 heterocycles. The first kappa shape index (κ1) is 13.8. The number of carbonyl (C=O) groups is 1. The molecule has 3 aromatic rings. The van der Waals surface area contributed by atoms with E-state index in [4.69, 9.17) is 0 Å². The van der Waals surface area contributed by atoms with Crippen LogP contribution in [0.3, 0.4) is 0 Å². The van der Waals surface area contributed by atoms with Gasteiger partial charge in [0, 0.05) is 21.4 Å². The van der Waals surface area contributed by atoms with Crippen LogP contribution in [-0.2, 0) is 0 Å². The summed E-state index contributed by atoms with van der Waals surface area (Å²) in [4.78, 5) is 12.1. The second-order valence-electron chi connectivity index (χ2n) is 4.45. The smallest absolute Gasteiger partial charge is 0.256 e. The van der Waals surface area contributed by atoms with E-state index < -0.39 is 0 Å². The van der Waals surface area contributed by atoms with E-state index in [1.165, 1.54) is 0 Å². The van der Waals surface area contributed by atoms with E-state index in [9.17, 15) is 4.79 Å². The standard InChI is InChI=1S/C16H12IN3O/c17-13-6-4-5-12(11-13)16(21)18-15-9-10-20(19-15)14-7-2-1-3-8-14/h1-11H,(H,18,19,21). The van der Waals surface area contributed by atoms with Gasteiger partial charge in [-0.15, -0.1) is 0 Å². The van der Waals surface area contributed by atoms with E-state index in [1.54, 1.807) is 16.8 Å². The summed E-state index contributed by atoms with van der Waals surface area (Å²) in [5.41, 5.74) is 1.57. The van der Waals surface area contributed by atoms with Gasteiger partial charge in [-0.3, -0.25) is 4.79 Å². The maximum absolute atomic E-state index is 12.1. The van der Waals surface area contributed by atoms with Gasteiger partial charge in [0.05, 0.1) is 5.69 Å². The zero-order valence-corrected chi connectivity index (χ0v) is 13.2. The molecule has 0 fully saturated rings. The normalized spacial score (nSPS) is 10.3. The molecule has 0 aliphatic heterocycles. The molecule has 3 rings (SSSR count). The summed E-state index contributed by atoms with van der Waals surface area (Å²) in [5, 5.41) is 7.15. The van der Waals surface area contributed by atoms with Crippen LogP contribution in [-0.4, -0.2) is 15.7 Å². The van der Waals surface area contributed by atoms with Crippen LogP contribution in [0.15, 0.2) is 66.9 Å². The first-order valence-corrected chi connectivity index (χ1v) is 7.48. The van der Waals surface area contributed by atoms with Crippen LogP contribution >= 0.6 is 22.6 Å². The molecule has 21 heavy (non-hydrogen) atoms. The van der Waals surface area contributed by atoms with Crippen molar-refractivity contribution in [2.45, 2.75) is 0 Å². The van der Waals surface area contributed by atoms with Crippen molar-refractivity contribution in [2.75, 3.05) is 5.32 Å². The molecule has 0 saturated carbocycles. The molecule has 0 saturated heterocycles. The lowest BCUT2D eigenvalue weighted by molar-refractivity contribution is 0.102. The van der Waals surface area contributed by atoms with Crippen molar-refractivity contribution in [1.82, 2.24) is 9.78 Å². The van der Waals surface area contributed by atoms with Crippen molar-refractivity contribution in [1.29, 1.82) is 0 Å². The third-order valence-electron chi connectivity index (χ3n) is 2.94. The number of rotatable bonds is 3. The van der Waals surface area contributed by atoms with Crippen molar-refractivity contribution in [3.05, 3.63) is 76.0 Å². The molecular formula is C16H12IN3O. The zero-order chi connectivity index (χ0) is 14.7. The van der Waals surface area contributed by atoms with Crippen LogP contribution in [0.2, 0.25) is 0 Å². The highest BCUT2D eigenvalue weighted by atomic mass is 127. The fourth-order valence-electron chi connectivity index (χ4n) is 1.93. The molecule has 1 amide bonds. The van der Waals surface area contributed by atoms with Crippen molar-refractivity contribution < 1.29 is 4.79 Å². The lowest BCUT2D eigenvalue weighted by atomic mass is 10.2. The summed E-state index contributed by atoms with van der Waals surface area (Å²) < 4.78 is 2.75. The number of carbonyl (C=O) groups excluding carboxylic acids is 1. The molecule has 1 aromatic heterocycles. The quantitative estimate of drug-likeness (QED) is 0.694. The number of nitrogens with zero attached hydrogens (tertiary/aromatic N) is 2. The largest absolute Gasteiger partial charge is 0.305 e. The van der Waals surface area contributed by atoms with Crippen molar-refractivity contribution in [3.63, 3.8) is 0 Å². The van der Waals surface area contributed by atoms with Crippen LogP contribution in [0.25, 0.3) is 5.69 Å². The Morgan fingerprint density at radius 2 is 1.86 bits per heavy atom. The van der Waals surface area contributed by atoms with Gasteiger partial charge in [0.1, 0.15) is 0 Å². The highest BCUT2D eigenvalue weighted by Crippen LogP contribution is 2.12. The number of nitrogens with one attached hydrogen (secondary N) is 1. The lowest BCUT2D eigenvalue weighted by Gasteiger charge is -2.03. The van der Waals surface area contributed by atoms with Gasteiger partial charge in [0.2, 0.25) is 0 Å². The van der Waals surface area contributed by atoms with Crippen molar-refractivity contribution in [2.24, 2.45) is 0 Å². The van der Waals surface area contributed by atoms with E-state index in [0.29, 0.717) is 11.4 Å². The average molecular weight is 389 g/mol. The van der Waals surface area contributed by atoms with E-state index >= 15 is 0 Å². The number of para-hydroxylation sites is 1. The lowest BCUT2D eigenvalue weighted by Crippen LogP contribution is -2.12. The SMILES string of the molecule is O=C(Nc1ccn(-c2ccccc2)n1)c1cccc(I)c1. The minimum absolute atomic E-state index is 0.160. The minimum atomic E-state index is -0.160. The molecule has 0 aliphatic rings. The summed E-state index contributed by atoms with van der Waals surface area (Å²) in [6.07, 6.45) is 1.82. The van der Waals surface area contributed by atoms with E-state index in [0.717, 1.165) is 9.26 Å². The molecular weight excluding hydrogens is 377 g/mol. The van der Waals surface area contributed by atoms with Crippen LogP contribution in [0, 0.1) is 3.57 Å². The highest BCUT2D eigenvalue weighted by Gasteiger charge is 2.08. The van der Waals surface area contributed by atoms with Gasteiger partial charge in [-0.2, -0.15) is 5.10 Å². The summed E-state index contributed by atoms with van der Waals surface area (Å²) in [6.45, 7) is 0. The molecule has 0 aliphatic carbocycles. The molecule has 0 radical (unpaired) electrons. The van der Waals surface area contributed by atoms with Crippen LogP contribution in [0.4, 0.5) is 5.82 Å². The van der Waals surface area contributed by atoms with E-state index in [1.807, 2.05) is 54.7 Å². The first-order valence-electron chi connectivity index (χ1n) is 6.40. The number of benzene rings is 2. The summed E-state index contributed by atoms with van der Waals surface area (Å²) in [7, 11) is 0. The van der Waals surface area contributed by atoms with Crippen LogP contribution < -0.4 is 5.32 Å². The topological polar surface area (TPSA) is 46.9 Å². The average Bonchev–Trinajstić information content (AvgIpc) is 2.97. The maximum Gasteiger partial charge on any atom is 0.256 e. The van der Waals surface area contributed by atoms with Gasteiger partial charge in [-0.25, -0.2) is 4.68 Å². The Balaban J connectivity index is 1.77. The maximum atomic E-state index is 12.1. The van der Waals surface area contributed by atoms with Gasteiger partial charge < -0.3 is 5.32 Å². The fraction of sp³-hybridized carbons (Fsp3) is 0. The number of anilines is 1. The molecule has 104 valence electrons. The van der Waals surface area contributed by atoms with Gasteiger partial charge in [-0.05, 0) is 52.9 Å². The summed E-state index contributed by atoms with van der Waals surface area (Å²) in [5.74, 6) is 0.370. The molecule has 2 aromatic carbocycles. The third kappa shape index (κ3) is 3.30. The number of aromatic nitrogens is 2. The predicted octanol–water partition coefficient (Wildman–Crippen LogP) is 3.73. The fourth-order valence-corrected chi connectivity index (χ4v) is 2.48. The summed E-state index contributed by atoms with van der Waals surface area (Å²) in [6, 6.07) is 19.0. The molecule has 0 spiro atoms. The number of hydrogen-bond donors (Lipinski definition) is 1. The highest BCUT2D eigenvalue weighted by molar-refractivity contribution is 14.1. The molecule has 5 heteroatoms. The van der Waals surface area contributed by atoms with Gasteiger partial charge >= 0.3 is 0 Å². The van der Waals surface area contributed by atoms with Crippen molar-refractivity contribution in [3.8, 4) is 5.69 Å². The Bertz CT molecular complexity index is 768. The number of hydrogen-bond acceptors (Lipinski definition) is 2. The zero-order valence-electron chi connectivity index (χ0n) is 11.0. The Labute approximate surface area is 135 Å². The third-order valence-corrected chi connectivity index (χ3v) is 3.61. The Morgan fingerprint density at radius 3 is 2.62 bits per heavy atom. The Kier molecular flexibility index (Phi) is 4.01. The van der Waals surface area contributed by atoms with E-state index in [-0.39, 0.29) is 5.91 Å². The molecule has 0 unspecified atom stereocenters. The van der Waals surface area contributed by atoms with Gasteiger partial charge in [0.15, 0.2) is 5.82 Å². The van der Waals surface area contributed by atoms with Crippen LogP contribution in [0.5, 0.6) is 0 Å². The Hall–Kier alpha value is -2.15.